The number of pyridine rings is 3. The normalized spacial score (nSPS) is 11.5. The smallest absolute Gasteiger partial charge is 0.181 e. The van der Waals surface area contributed by atoms with Crippen molar-refractivity contribution < 1.29 is 4.39 Å². The average Bonchev–Trinajstić information content (AvgIpc) is 3.61. The number of aromatic nitrogens is 7. The summed E-state index contributed by atoms with van der Waals surface area (Å²) in [6.45, 7) is 3.35. The fourth-order valence-corrected chi connectivity index (χ4v) is 5.09. The van der Waals surface area contributed by atoms with Crippen LogP contribution in [0.5, 0.6) is 0 Å². The molecule has 0 aliphatic rings. The summed E-state index contributed by atoms with van der Waals surface area (Å²) in [5.41, 5.74) is 9.14. The first-order valence-electron chi connectivity index (χ1n) is 13.3. The molecule has 41 heavy (non-hydrogen) atoms. The molecule has 9 heteroatoms. The van der Waals surface area contributed by atoms with E-state index >= 15 is 0 Å². The Kier molecular flexibility index (Phi) is 6.25. The molecule has 7 aromatic rings. The van der Waals surface area contributed by atoms with Crippen molar-refractivity contribution in [1.82, 2.24) is 40.4 Å². The van der Waals surface area contributed by atoms with E-state index in [1.807, 2.05) is 55.7 Å². The fraction of sp³-hybridized carbons (Fsp3) is 0.0938. The van der Waals surface area contributed by atoms with Crippen molar-refractivity contribution in [1.29, 1.82) is 0 Å². The highest BCUT2D eigenvalue weighted by Gasteiger charge is 2.17. The molecule has 0 saturated heterocycles. The van der Waals surface area contributed by atoms with Gasteiger partial charge in [-0.05, 0) is 59.5 Å². The zero-order valence-electron chi connectivity index (χ0n) is 22.2. The van der Waals surface area contributed by atoms with Gasteiger partial charge >= 0.3 is 0 Å². The Morgan fingerprint density at radius 2 is 1.66 bits per heavy atom. The molecule has 0 fully saturated rings. The van der Waals surface area contributed by atoms with Gasteiger partial charge in [-0.3, -0.25) is 10.1 Å². The van der Waals surface area contributed by atoms with Gasteiger partial charge in [-0.15, -0.1) is 0 Å². The van der Waals surface area contributed by atoms with Crippen molar-refractivity contribution in [2.24, 2.45) is 0 Å². The number of nitrogens with zero attached hydrogens (tertiary/aromatic N) is 5. The van der Waals surface area contributed by atoms with Crippen LogP contribution in [0, 0.1) is 12.7 Å². The van der Waals surface area contributed by atoms with Gasteiger partial charge in [0.25, 0.3) is 0 Å². The lowest BCUT2D eigenvalue weighted by Crippen LogP contribution is -2.12. The number of fused-ring (bicyclic) bond motifs is 2. The summed E-state index contributed by atoms with van der Waals surface area (Å²) in [6.07, 6.45) is 7.19. The minimum absolute atomic E-state index is 0.284. The zero-order valence-corrected chi connectivity index (χ0v) is 22.2. The Balaban J connectivity index is 1.21. The van der Waals surface area contributed by atoms with E-state index < -0.39 is 0 Å². The number of hydrogen-bond donors (Lipinski definition) is 3. The molecule has 0 spiro atoms. The van der Waals surface area contributed by atoms with Gasteiger partial charge < -0.3 is 10.3 Å². The zero-order chi connectivity index (χ0) is 27.8. The summed E-state index contributed by atoms with van der Waals surface area (Å²) in [4.78, 5) is 21.6. The van der Waals surface area contributed by atoms with Gasteiger partial charge in [-0.1, -0.05) is 36.4 Å². The SMILES string of the molecule is Cc1cc(F)cc(-c2ccnc3nc(-c4[nH]nc5ncc(-c6cncc(CNCc7ccccc7)c6)cc45)[nH]c23)c1. The molecule has 7 rings (SSSR count). The molecular weight excluding hydrogens is 515 g/mol. The number of hydrogen-bond acceptors (Lipinski definition) is 6. The summed E-state index contributed by atoms with van der Waals surface area (Å²) in [7, 11) is 0. The maximum absolute atomic E-state index is 14.2. The molecule has 0 aliphatic heterocycles. The van der Waals surface area contributed by atoms with E-state index in [1.54, 1.807) is 12.4 Å². The lowest BCUT2D eigenvalue weighted by atomic mass is 10.0. The molecule has 5 heterocycles. The van der Waals surface area contributed by atoms with Crippen molar-refractivity contribution in [2.45, 2.75) is 20.0 Å². The summed E-state index contributed by atoms with van der Waals surface area (Å²) in [6, 6.07) is 21.3. The third-order valence-electron chi connectivity index (χ3n) is 7.02. The molecule has 3 N–H and O–H groups in total. The Labute approximate surface area is 234 Å². The maximum atomic E-state index is 14.2. The van der Waals surface area contributed by atoms with Crippen molar-refractivity contribution in [3.63, 3.8) is 0 Å². The number of rotatable bonds is 7. The van der Waals surface area contributed by atoms with E-state index in [0.717, 1.165) is 50.8 Å². The predicted octanol–water partition coefficient (Wildman–Crippen LogP) is 6.36. The molecule has 0 bridgehead atoms. The number of benzene rings is 2. The number of halogens is 1. The second-order valence-electron chi connectivity index (χ2n) is 10.0. The third-order valence-corrected chi connectivity index (χ3v) is 7.02. The summed E-state index contributed by atoms with van der Waals surface area (Å²) in [5.74, 6) is 0.292. The van der Waals surface area contributed by atoms with Gasteiger partial charge in [-0.25, -0.2) is 19.3 Å². The van der Waals surface area contributed by atoms with Gasteiger partial charge in [0.2, 0.25) is 0 Å². The Hall–Kier alpha value is -5.28. The molecule has 0 radical (unpaired) electrons. The number of imidazole rings is 1. The highest BCUT2D eigenvalue weighted by atomic mass is 19.1. The first kappa shape index (κ1) is 24.7. The van der Waals surface area contributed by atoms with Gasteiger partial charge in [0, 0.05) is 54.6 Å². The molecule has 0 aliphatic carbocycles. The molecular formula is C32H25FN8. The largest absolute Gasteiger partial charge is 0.335 e. The lowest BCUT2D eigenvalue weighted by molar-refractivity contribution is 0.627. The van der Waals surface area contributed by atoms with Crippen LogP contribution in [0.25, 0.3) is 56.0 Å². The summed E-state index contributed by atoms with van der Waals surface area (Å²) >= 11 is 0. The lowest BCUT2D eigenvalue weighted by Gasteiger charge is -2.07. The molecule has 0 atom stereocenters. The van der Waals surface area contributed by atoms with Crippen molar-refractivity contribution in [2.75, 3.05) is 0 Å². The molecule has 8 nitrogen and oxygen atoms in total. The van der Waals surface area contributed by atoms with E-state index in [9.17, 15) is 4.39 Å². The maximum Gasteiger partial charge on any atom is 0.181 e. The first-order chi connectivity index (χ1) is 20.1. The highest BCUT2D eigenvalue weighted by molar-refractivity contribution is 5.96. The fourth-order valence-electron chi connectivity index (χ4n) is 5.09. The topological polar surface area (TPSA) is 108 Å². The Morgan fingerprint density at radius 3 is 2.54 bits per heavy atom. The van der Waals surface area contributed by atoms with Crippen LogP contribution >= 0.6 is 0 Å². The summed E-state index contributed by atoms with van der Waals surface area (Å²) < 4.78 is 14.2. The van der Waals surface area contributed by atoms with Gasteiger partial charge in [0.15, 0.2) is 17.1 Å². The van der Waals surface area contributed by atoms with Crippen LogP contribution < -0.4 is 5.32 Å². The van der Waals surface area contributed by atoms with Crippen molar-refractivity contribution in [3.8, 4) is 33.8 Å². The van der Waals surface area contributed by atoms with Crippen molar-refractivity contribution >= 4 is 22.2 Å². The third kappa shape index (κ3) is 4.94. The van der Waals surface area contributed by atoms with Crippen LogP contribution in [0.2, 0.25) is 0 Å². The number of aryl methyl sites for hydroxylation is 1. The van der Waals surface area contributed by atoms with E-state index in [2.05, 4.69) is 53.6 Å². The van der Waals surface area contributed by atoms with Crippen LogP contribution in [-0.4, -0.2) is 35.1 Å². The molecule has 0 saturated carbocycles. The quantitative estimate of drug-likeness (QED) is 0.217. The minimum Gasteiger partial charge on any atom is -0.335 e. The van der Waals surface area contributed by atoms with E-state index in [-0.39, 0.29) is 5.82 Å². The van der Waals surface area contributed by atoms with Crippen LogP contribution in [-0.2, 0) is 13.1 Å². The highest BCUT2D eigenvalue weighted by Crippen LogP contribution is 2.32. The van der Waals surface area contributed by atoms with Crippen LogP contribution in [0.15, 0.2) is 91.5 Å². The molecule has 2 aromatic carbocycles. The van der Waals surface area contributed by atoms with Gasteiger partial charge in [0.05, 0.1) is 10.9 Å². The summed E-state index contributed by atoms with van der Waals surface area (Å²) in [5, 5.41) is 11.8. The predicted molar refractivity (Wildman–Crippen MR) is 157 cm³/mol. The van der Waals surface area contributed by atoms with Gasteiger partial charge in [0.1, 0.15) is 11.5 Å². The molecule has 0 amide bonds. The number of H-pyrrole nitrogens is 2. The molecule has 0 unspecified atom stereocenters. The minimum atomic E-state index is -0.284. The monoisotopic (exact) mass is 540 g/mol. The Bertz CT molecular complexity index is 1990. The standard InChI is InChI=1S/C32H25FN8/c1-19-9-22(12-25(33)10-19)26-7-8-36-31-28(26)38-32(39-31)29-27-13-24(18-37-30(27)41-40-29)23-11-21(16-35-17-23)15-34-14-20-5-3-2-4-6-20/h2-13,16-18,34H,14-15H2,1H3,(H,36,38,39)(H,37,40,41). The van der Waals surface area contributed by atoms with Crippen LogP contribution in [0.4, 0.5) is 4.39 Å². The van der Waals surface area contributed by atoms with Crippen molar-refractivity contribution in [3.05, 3.63) is 114 Å². The first-order valence-corrected chi connectivity index (χ1v) is 13.3. The van der Waals surface area contributed by atoms with E-state index in [4.69, 9.17) is 4.98 Å². The van der Waals surface area contributed by atoms with Crippen LogP contribution in [0.1, 0.15) is 16.7 Å². The van der Waals surface area contributed by atoms with Crippen LogP contribution in [0.3, 0.4) is 0 Å². The molecule has 200 valence electrons. The number of nitrogens with one attached hydrogen (secondary N) is 3. The van der Waals surface area contributed by atoms with E-state index in [0.29, 0.717) is 29.4 Å². The van der Waals surface area contributed by atoms with E-state index in [1.165, 1.54) is 17.7 Å². The second-order valence-corrected chi connectivity index (χ2v) is 10.0. The average molecular weight is 541 g/mol. The molecule has 5 aromatic heterocycles. The van der Waals surface area contributed by atoms with Gasteiger partial charge in [-0.2, -0.15) is 5.10 Å². The Morgan fingerprint density at radius 1 is 0.805 bits per heavy atom. The number of aromatic amines is 2. The second kappa shape index (κ2) is 10.4.